The summed E-state index contributed by atoms with van der Waals surface area (Å²) in [6.45, 7) is 2.49. The molecule has 20 heteroatoms. The maximum atomic E-state index is 14.4. The number of nitrogens with zero attached hydrogens (tertiary/aromatic N) is 3. The van der Waals surface area contributed by atoms with Gasteiger partial charge in [0.25, 0.3) is 5.91 Å². The fourth-order valence-electron chi connectivity index (χ4n) is 7.33. The number of carbonyl (C=O) groups excluding carboxylic acids is 5. The molecule has 3 N–H and O–H groups in total. The highest BCUT2D eigenvalue weighted by atomic mass is 32.2. The Kier molecular flexibility index (Phi) is 11.4. The number of sulfonamides is 1. The fourth-order valence-corrected chi connectivity index (χ4v) is 8.69. The van der Waals surface area contributed by atoms with Gasteiger partial charge in [-0.1, -0.05) is 24.3 Å². The molecule has 0 radical (unpaired) electrons. The van der Waals surface area contributed by atoms with Crippen LogP contribution in [0.25, 0.3) is 0 Å². The molecule has 15 nitrogen and oxygen atoms in total. The van der Waals surface area contributed by atoms with Gasteiger partial charge in [-0.05, 0) is 64.5 Å². The maximum absolute atomic E-state index is 14.4. The number of carbonyl (C=O) groups is 5. The standard InChI is InChI=1S/C36H46F4N6O9S/c1-34(2,3)55-32(50)41-27-12-14-44(20-36(38,39)40)13-5-4-8-22-16-35(22,31(49)43-56(52,53)24-10-11-24)42-29(47)28-15-23(18-46(28)30(27)48)54-33(51)45-17-21-7-6-9-26(37)25(21)19-45/h4,6-9,22-24,27-28H,5,10-20H2,1-3H3,(H,41,50)(H,42,47)(H,43,49)/t22-,23-,27+,28+,35-/m1/s1. The van der Waals surface area contributed by atoms with Gasteiger partial charge in [0, 0.05) is 37.5 Å². The summed E-state index contributed by atoms with van der Waals surface area (Å²) in [6, 6.07) is 1.48. The van der Waals surface area contributed by atoms with E-state index in [9.17, 15) is 50.0 Å². The van der Waals surface area contributed by atoms with Gasteiger partial charge >= 0.3 is 18.4 Å². The van der Waals surface area contributed by atoms with Gasteiger partial charge in [0.15, 0.2) is 0 Å². The lowest BCUT2D eigenvalue weighted by Gasteiger charge is -2.31. The molecule has 1 aromatic rings. The molecule has 5 amide bonds. The number of alkyl halides is 3. The van der Waals surface area contributed by atoms with Crippen molar-refractivity contribution in [2.75, 3.05) is 26.2 Å². The van der Waals surface area contributed by atoms with Crippen molar-refractivity contribution < 1.29 is 59.4 Å². The summed E-state index contributed by atoms with van der Waals surface area (Å²) in [5.74, 6) is -4.01. The van der Waals surface area contributed by atoms with E-state index in [1.807, 2.05) is 0 Å². The lowest BCUT2D eigenvalue weighted by Crippen LogP contribution is -2.58. The first-order valence-corrected chi connectivity index (χ1v) is 20.0. The number of amides is 5. The second-order valence-electron chi connectivity index (χ2n) is 16.0. The predicted octanol–water partition coefficient (Wildman–Crippen LogP) is 2.84. The molecule has 3 fully saturated rings. The molecule has 1 saturated heterocycles. The molecule has 0 bridgehead atoms. The summed E-state index contributed by atoms with van der Waals surface area (Å²) >= 11 is 0. The van der Waals surface area contributed by atoms with Gasteiger partial charge in [0.2, 0.25) is 21.8 Å². The molecule has 308 valence electrons. The first-order chi connectivity index (χ1) is 26.1. The molecule has 2 saturated carbocycles. The number of benzene rings is 1. The first-order valence-electron chi connectivity index (χ1n) is 18.5. The Hall–Kier alpha value is -4.46. The second kappa shape index (κ2) is 15.5. The smallest absolute Gasteiger partial charge is 0.410 e. The molecule has 5 atom stereocenters. The topological polar surface area (TPSA) is 184 Å². The normalized spacial score (nSPS) is 27.6. The summed E-state index contributed by atoms with van der Waals surface area (Å²) in [4.78, 5) is 72.0. The van der Waals surface area contributed by atoms with E-state index < -0.39 is 106 Å². The van der Waals surface area contributed by atoms with Gasteiger partial charge in [0.1, 0.15) is 35.1 Å². The third-order valence-electron chi connectivity index (χ3n) is 10.4. The van der Waals surface area contributed by atoms with Gasteiger partial charge in [-0.15, -0.1) is 0 Å². The SMILES string of the molecule is CC(C)(C)OC(=O)N[C@H]1CCN(CC(F)(F)F)CCC=C[C@@H]2C[C@@]2(C(=O)NS(=O)(=O)C2CC2)NC(=O)[C@@H]2C[C@@H](OC(=O)N3Cc4cccc(F)c4C3)CN2C1=O. The number of halogens is 4. The number of ether oxygens (including phenoxy) is 2. The van der Waals surface area contributed by atoms with E-state index in [0.717, 1.165) is 9.80 Å². The third kappa shape index (κ3) is 9.73. The Morgan fingerprint density at radius 3 is 2.45 bits per heavy atom. The zero-order valence-electron chi connectivity index (χ0n) is 31.2. The molecule has 0 spiro atoms. The molecular weight excluding hydrogens is 768 g/mol. The van der Waals surface area contributed by atoms with E-state index in [1.54, 1.807) is 39.0 Å². The van der Waals surface area contributed by atoms with Crippen LogP contribution in [0.3, 0.4) is 0 Å². The van der Waals surface area contributed by atoms with Crippen molar-refractivity contribution in [3.05, 3.63) is 47.3 Å². The second-order valence-corrected chi connectivity index (χ2v) is 18.0. The summed E-state index contributed by atoms with van der Waals surface area (Å²) < 4.78 is 94.3. The molecule has 3 heterocycles. The van der Waals surface area contributed by atoms with Gasteiger partial charge in [-0.3, -0.25) is 28.9 Å². The largest absolute Gasteiger partial charge is 0.444 e. The molecule has 0 aromatic heterocycles. The van der Waals surface area contributed by atoms with Crippen LogP contribution in [0.5, 0.6) is 0 Å². The summed E-state index contributed by atoms with van der Waals surface area (Å²) in [6.07, 6.45) is -4.44. The maximum Gasteiger partial charge on any atom is 0.410 e. The average Bonchev–Trinajstić information content (AvgIpc) is 3.97. The van der Waals surface area contributed by atoms with Crippen LogP contribution in [0.2, 0.25) is 0 Å². The van der Waals surface area contributed by atoms with Gasteiger partial charge in [-0.2, -0.15) is 13.2 Å². The molecule has 6 rings (SSSR count). The molecular formula is C36H46F4N6O9S. The Morgan fingerprint density at radius 1 is 1.05 bits per heavy atom. The zero-order chi connectivity index (χ0) is 40.8. The molecule has 56 heavy (non-hydrogen) atoms. The highest BCUT2D eigenvalue weighted by Gasteiger charge is 2.62. The fraction of sp³-hybridized carbons (Fsp3) is 0.639. The minimum Gasteiger partial charge on any atom is -0.444 e. The highest BCUT2D eigenvalue weighted by Crippen LogP contribution is 2.46. The van der Waals surface area contributed by atoms with Crippen molar-refractivity contribution >= 4 is 39.9 Å². The van der Waals surface area contributed by atoms with Crippen LogP contribution in [0, 0.1) is 11.7 Å². The van der Waals surface area contributed by atoms with Crippen LogP contribution in [0.4, 0.5) is 27.2 Å². The highest BCUT2D eigenvalue weighted by molar-refractivity contribution is 7.91. The number of fused-ring (bicyclic) bond motifs is 3. The lowest BCUT2D eigenvalue weighted by molar-refractivity contribution is -0.147. The average molecular weight is 815 g/mol. The minimum absolute atomic E-state index is 0.0395. The summed E-state index contributed by atoms with van der Waals surface area (Å²) in [5.41, 5.74) is -1.90. The van der Waals surface area contributed by atoms with Crippen molar-refractivity contribution in [2.24, 2.45) is 5.92 Å². The van der Waals surface area contributed by atoms with Crippen LogP contribution >= 0.6 is 0 Å². The predicted molar refractivity (Wildman–Crippen MR) is 189 cm³/mol. The third-order valence-corrected chi connectivity index (χ3v) is 12.2. The van der Waals surface area contributed by atoms with E-state index in [-0.39, 0.29) is 51.9 Å². The number of alkyl carbamates (subject to hydrolysis) is 1. The quantitative estimate of drug-likeness (QED) is 0.285. The Bertz CT molecular complexity index is 1890. The molecule has 0 unspecified atom stereocenters. The van der Waals surface area contributed by atoms with Gasteiger partial charge in [-0.25, -0.2) is 22.4 Å². The Labute approximate surface area is 321 Å². The monoisotopic (exact) mass is 814 g/mol. The van der Waals surface area contributed by atoms with Crippen LogP contribution in [0.1, 0.15) is 70.4 Å². The van der Waals surface area contributed by atoms with Gasteiger partial charge in [0.05, 0.1) is 24.9 Å². The minimum atomic E-state index is -4.61. The van der Waals surface area contributed by atoms with Crippen LogP contribution in [-0.2, 0) is 47.0 Å². The summed E-state index contributed by atoms with van der Waals surface area (Å²) in [5, 5.41) is 4.34. The number of rotatable bonds is 6. The van der Waals surface area contributed by atoms with Gasteiger partial charge < -0.3 is 25.0 Å². The zero-order valence-corrected chi connectivity index (χ0v) is 32.0. The number of hydrogen-bond donors (Lipinski definition) is 3. The first kappa shape index (κ1) is 41.2. The van der Waals surface area contributed by atoms with Crippen molar-refractivity contribution in [2.45, 2.75) is 113 Å². The Morgan fingerprint density at radius 2 is 1.79 bits per heavy atom. The van der Waals surface area contributed by atoms with E-state index >= 15 is 0 Å². The van der Waals surface area contributed by atoms with E-state index in [4.69, 9.17) is 9.47 Å². The number of nitrogens with one attached hydrogen (secondary N) is 3. The summed E-state index contributed by atoms with van der Waals surface area (Å²) in [7, 11) is -4.06. The van der Waals surface area contributed by atoms with Crippen LogP contribution in [0.15, 0.2) is 30.4 Å². The number of hydrogen-bond acceptors (Lipinski definition) is 10. The lowest BCUT2D eigenvalue weighted by atomic mass is 10.1. The van der Waals surface area contributed by atoms with E-state index in [1.165, 1.54) is 17.0 Å². The van der Waals surface area contributed by atoms with Crippen molar-refractivity contribution in [1.29, 1.82) is 0 Å². The molecule has 1 aromatic carbocycles. The van der Waals surface area contributed by atoms with Crippen LogP contribution < -0.4 is 15.4 Å². The van der Waals surface area contributed by atoms with Crippen molar-refractivity contribution in [3.8, 4) is 0 Å². The molecule has 2 aliphatic carbocycles. The molecule has 5 aliphatic rings. The van der Waals surface area contributed by atoms with E-state index in [2.05, 4.69) is 15.4 Å². The van der Waals surface area contributed by atoms with Crippen molar-refractivity contribution in [3.63, 3.8) is 0 Å². The van der Waals surface area contributed by atoms with Crippen molar-refractivity contribution in [1.82, 2.24) is 30.1 Å². The van der Waals surface area contributed by atoms with Crippen LogP contribution in [-0.4, -0.2) is 120 Å². The molecule has 3 aliphatic heterocycles. The Balaban J connectivity index is 1.30. The van der Waals surface area contributed by atoms with E-state index in [0.29, 0.717) is 24.0 Å².